The molecule has 0 fully saturated rings. The quantitative estimate of drug-likeness (QED) is 0.877. The summed E-state index contributed by atoms with van der Waals surface area (Å²) in [6, 6.07) is 7.08. The lowest BCUT2D eigenvalue weighted by molar-refractivity contribution is -0.0379. The molecule has 2 aromatic rings. The highest BCUT2D eigenvalue weighted by atomic mass is 32.2. The van der Waals surface area contributed by atoms with Crippen LogP contribution in [0.5, 0.6) is 11.5 Å². The molecule has 1 aliphatic rings. The second kappa shape index (κ2) is 6.00. The Labute approximate surface area is 147 Å². The molecule has 0 radical (unpaired) electrons. The van der Waals surface area contributed by atoms with E-state index in [2.05, 4.69) is 0 Å². The third kappa shape index (κ3) is 2.53. The van der Waals surface area contributed by atoms with Crippen LogP contribution in [0.3, 0.4) is 0 Å². The van der Waals surface area contributed by atoms with E-state index in [-0.39, 0.29) is 29.0 Å². The smallest absolute Gasteiger partial charge is 0.379 e. The molecular formula is C17H12F3NO4S. The van der Waals surface area contributed by atoms with E-state index in [1.54, 1.807) is 13.0 Å². The second-order valence-corrected chi connectivity index (χ2v) is 7.66. The number of hydrogen-bond donors (Lipinski definition) is 1. The van der Waals surface area contributed by atoms with Crippen LogP contribution in [0, 0.1) is 17.1 Å². The molecule has 26 heavy (non-hydrogen) atoms. The zero-order valence-corrected chi connectivity index (χ0v) is 14.1. The average Bonchev–Trinajstić information content (AvgIpc) is 2.72. The molecule has 1 N–H and O–H groups in total. The first-order chi connectivity index (χ1) is 12.1. The lowest BCUT2D eigenvalue weighted by Gasteiger charge is -2.16. The minimum Gasteiger partial charge on any atom is -0.457 e. The molecule has 0 saturated carbocycles. The van der Waals surface area contributed by atoms with Crippen molar-refractivity contribution in [2.24, 2.45) is 0 Å². The second-order valence-electron chi connectivity index (χ2n) is 5.66. The van der Waals surface area contributed by atoms with Crippen molar-refractivity contribution in [2.75, 3.05) is 0 Å². The van der Waals surface area contributed by atoms with Gasteiger partial charge in [-0.15, -0.1) is 0 Å². The van der Waals surface area contributed by atoms with Gasteiger partial charge in [0, 0.05) is 17.2 Å². The Kier molecular flexibility index (Phi) is 4.21. The molecule has 0 bridgehead atoms. The van der Waals surface area contributed by atoms with Gasteiger partial charge in [0.25, 0.3) is 0 Å². The van der Waals surface area contributed by atoms with Gasteiger partial charge in [-0.1, -0.05) is 6.92 Å². The highest BCUT2D eigenvalue weighted by Crippen LogP contribution is 2.52. The van der Waals surface area contributed by atoms with Crippen LogP contribution in [-0.4, -0.2) is 18.8 Å². The van der Waals surface area contributed by atoms with Gasteiger partial charge < -0.3 is 9.84 Å². The number of alkyl halides is 2. The van der Waals surface area contributed by atoms with E-state index < -0.39 is 37.5 Å². The van der Waals surface area contributed by atoms with Crippen molar-refractivity contribution < 1.29 is 31.4 Å². The van der Waals surface area contributed by atoms with Gasteiger partial charge in [-0.25, -0.2) is 12.8 Å². The van der Waals surface area contributed by atoms with E-state index in [4.69, 9.17) is 10.00 Å². The summed E-state index contributed by atoms with van der Waals surface area (Å²) >= 11 is 0. The topological polar surface area (TPSA) is 87.4 Å². The van der Waals surface area contributed by atoms with Gasteiger partial charge in [-0.2, -0.15) is 14.0 Å². The Hall–Kier alpha value is -2.57. The van der Waals surface area contributed by atoms with E-state index in [1.165, 1.54) is 12.1 Å². The zero-order chi connectivity index (χ0) is 19.3. The molecule has 3 rings (SSSR count). The third-order valence-corrected chi connectivity index (χ3v) is 5.97. The number of hydrogen-bond acceptors (Lipinski definition) is 5. The monoisotopic (exact) mass is 383 g/mol. The van der Waals surface area contributed by atoms with E-state index in [0.29, 0.717) is 0 Å². The fourth-order valence-corrected chi connectivity index (χ4v) is 4.37. The highest BCUT2D eigenvalue weighted by Gasteiger charge is 2.61. The maximum atomic E-state index is 14.0. The first-order valence-electron chi connectivity index (χ1n) is 7.48. The number of aliphatic hydroxyl groups is 1. The van der Waals surface area contributed by atoms with Crippen molar-refractivity contribution in [3.63, 3.8) is 0 Å². The Morgan fingerprint density at radius 3 is 2.62 bits per heavy atom. The lowest BCUT2D eigenvalue weighted by atomic mass is 9.99. The number of fused-ring (bicyclic) bond motifs is 1. The molecule has 1 atom stereocenters. The van der Waals surface area contributed by atoms with Crippen LogP contribution in [0.15, 0.2) is 35.2 Å². The highest BCUT2D eigenvalue weighted by molar-refractivity contribution is 7.92. The van der Waals surface area contributed by atoms with Crippen LogP contribution in [0.1, 0.15) is 29.7 Å². The van der Waals surface area contributed by atoms with Crippen LogP contribution in [0.25, 0.3) is 0 Å². The third-order valence-electron chi connectivity index (χ3n) is 4.10. The molecule has 0 aliphatic carbocycles. The van der Waals surface area contributed by atoms with Crippen molar-refractivity contribution in [3.05, 3.63) is 52.8 Å². The van der Waals surface area contributed by atoms with Crippen molar-refractivity contribution in [1.82, 2.24) is 0 Å². The summed E-state index contributed by atoms with van der Waals surface area (Å²) in [5, 5.41) is 14.4. The summed E-state index contributed by atoms with van der Waals surface area (Å²) in [6.45, 7) is 1.57. The minimum absolute atomic E-state index is 0.00615. The summed E-state index contributed by atoms with van der Waals surface area (Å²) < 4.78 is 70.9. The Balaban J connectivity index is 2.15. The van der Waals surface area contributed by atoms with E-state index in [9.17, 15) is 26.7 Å². The molecule has 1 aliphatic heterocycles. The number of nitriles is 1. The van der Waals surface area contributed by atoms with Gasteiger partial charge in [0.05, 0.1) is 16.5 Å². The lowest BCUT2D eigenvalue weighted by Crippen LogP contribution is -2.28. The number of sulfone groups is 1. The number of rotatable bonds is 3. The van der Waals surface area contributed by atoms with Crippen molar-refractivity contribution in [1.29, 1.82) is 5.26 Å². The number of aliphatic hydroxyl groups excluding tert-OH is 1. The molecule has 0 aromatic heterocycles. The Bertz CT molecular complexity index is 1040. The van der Waals surface area contributed by atoms with Crippen molar-refractivity contribution >= 4 is 9.84 Å². The van der Waals surface area contributed by atoms with Crippen molar-refractivity contribution in [2.45, 2.75) is 29.6 Å². The van der Waals surface area contributed by atoms with Gasteiger partial charge in [0.1, 0.15) is 17.3 Å². The Morgan fingerprint density at radius 2 is 2.00 bits per heavy atom. The van der Waals surface area contributed by atoms with Crippen molar-refractivity contribution in [3.8, 4) is 17.6 Å². The van der Waals surface area contributed by atoms with Crippen LogP contribution in [0.2, 0.25) is 0 Å². The minimum atomic E-state index is -5.01. The van der Waals surface area contributed by atoms with Gasteiger partial charge >= 0.3 is 5.25 Å². The largest absolute Gasteiger partial charge is 0.457 e. The van der Waals surface area contributed by atoms with Gasteiger partial charge in [0.15, 0.2) is 6.10 Å². The first kappa shape index (κ1) is 18.2. The predicted molar refractivity (Wildman–Crippen MR) is 84.1 cm³/mol. The summed E-state index contributed by atoms with van der Waals surface area (Å²) in [5.41, 5.74) is -0.362. The first-order valence-corrected chi connectivity index (χ1v) is 8.96. The molecule has 0 spiro atoms. The standard InChI is InChI=1S/C17H12F3NO4S/c1-2-12-13(25-11-6-9(8-21)5-10(18)7-11)3-4-14-15(12)16(22)17(19,20)26(14,23)24/h3-7,16,22H,2H2,1H3. The predicted octanol–water partition coefficient (Wildman–Crippen LogP) is 3.47. The van der Waals surface area contributed by atoms with Gasteiger partial charge in [0.2, 0.25) is 9.84 Å². The molecule has 136 valence electrons. The summed E-state index contributed by atoms with van der Waals surface area (Å²) in [7, 11) is -5.01. The summed E-state index contributed by atoms with van der Waals surface area (Å²) in [5.74, 6) is -0.793. The number of benzene rings is 2. The number of nitrogens with zero attached hydrogens (tertiary/aromatic N) is 1. The van der Waals surface area contributed by atoms with Crippen LogP contribution in [-0.2, 0) is 16.3 Å². The van der Waals surface area contributed by atoms with E-state index >= 15 is 0 Å². The average molecular weight is 383 g/mol. The molecule has 9 heteroatoms. The number of halogens is 3. The molecule has 5 nitrogen and oxygen atoms in total. The molecule has 0 amide bonds. The normalized spacial score (nSPS) is 19.6. The van der Waals surface area contributed by atoms with E-state index in [1.807, 2.05) is 0 Å². The Morgan fingerprint density at radius 1 is 1.31 bits per heavy atom. The van der Waals surface area contributed by atoms with Crippen LogP contribution < -0.4 is 4.74 Å². The van der Waals surface area contributed by atoms with Crippen LogP contribution in [0.4, 0.5) is 13.2 Å². The SMILES string of the molecule is CCc1c(Oc2cc(F)cc(C#N)c2)ccc2c1C(O)C(F)(F)S2(=O)=O. The fourth-order valence-electron chi connectivity index (χ4n) is 2.89. The maximum absolute atomic E-state index is 14.0. The fraction of sp³-hybridized carbons (Fsp3) is 0.235. The number of ether oxygens (including phenoxy) is 1. The molecular weight excluding hydrogens is 371 g/mol. The molecule has 1 heterocycles. The van der Waals surface area contributed by atoms with E-state index in [0.717, 1.165) is 18.2 Å². The van der Waals surface area contributed by atoms with Gasteiger partial charge in [-0.05, 0) is 30.7 Å². The molecule has 0 saturated heterocycles. The van der Waals surface area contributed by atoms with Gasteiger partial charge in [-0.3, -0.25) is 0 Å². The molecule has 1 unspecified atom stereocenters. The summed E-state index contributed by atoms with van der Waals surface area (Å²) in [4.78, 5) is -0.656. The molecule has 2 aromatic carbocycles. The van der Waals surface area contributed by atoms with Crippen LogP contribution >= 0.6 is 0 Å². The summed E-state index contributed by atoms with van der Waals surface area (Å²) in [6.07, 6.45) is -2.44. The zero-order valence-electron chi connectivity index (χ0n) is 13.3. The maximum Gasteiger partial charge on any atom is 0.379 e.